The van der Waals surface area contributed by atoms with E-state index < -0.39 is 0 Å². The fourth-order valence-corrected chi connectivity index (χ4v) is 4.01. The number of nitrogens with zero attached hydrogens (tertiary/aromatic N) is 1. The quantitative estimate of drug-likeness (QED) is 0.418. The van der Waals surface area contributed by atoms with Crippen LogP contribution >= 0.6 is 11.8 Å². The van der Waals surface area contributed by atoms with Gasteiger partial charge in [0.2, 0.25) is 0 Å². The van der Waals surface area contributed by atoms with Crippen LogP contribution in [-0.4, -0.2) is 35.7 Å². The average molecular weight is 435 g/mol. The van der Waals surface area contributed by atoms with Crippen LogP contribution in [0.2, 0.25) is 0 Å². The molecular formula is C25H26N2O3S. The third-order valence-electron chi connectivity index (χ3n) is 4.66. The highest BCUT2D eigenvalue weighted by molar-refractivity contribution is 8.00. The number of hydrogen-bond donors (Lipinski definition) is 1. The van der Waals surface area contributed by atoms with Crippen molar-refractivity contribution >= 4 is 23.6 Å². The zero-order valence-corrected chi connectivity index (χ0v) is 18.7. The standard InChI is InChI=1S/C25H26N2O3S/c1-18(2)27(26-25(29)19-10-5-4-6-11-19)24(28)17-31-23-15-8-7-14-22(23)20-12-9-13-21(16-20)30-3/h4-16,18H,17H2,1-3H3,(H,26,29). The van der Waals surface area contributed by atoms with Crippen LogP contribution in [0.5, 0.6) is 5.75 Å². The molecule has 0 fully saturated rings. The van der Waals surface area contributed by atoms with Gasteiger partial charge >= 0.3 is 0 Å². The highest BCUT2D eigenvalue weighted by Gasteiger charge is 2.21. The zero-order valence-electron chi connectivity index (χ0n) is 17.9. The third kappa shape index (κ3) is 5.89. The van der Waals surface area contributed by atoms with Gasteiger partial charge in [0.15, 0.2) is 0 Å². The summed E-state index contributed by atoms with van der Waals surface area (Å²) in [5, 5.41) is 1.40. The summed E-state index contributed by atoms with van der Waals surface area (Å²) in [5.74, 6) is 0.519. The summed E-state index contributed by atoms with van der Waals surface area (Å²) in [6, 6.07) is 24.5. The average Bonchev–Trinajstić information content (AvgIpc) is 2.81. The van der Waals surface area contributed by atoms with Gasteiger partial charge in [0, 0.05) is 16.5 Å². The molecule has 5 nitrogen and oxygen atoms in total. The van der Waals surface area contributed by atoms with Crippen LogP contribution in [0.4, 0.5) is 0 Å². The van der Waals surface area contributed by atoms with E-state index >= 15 is 0 Å². The van der Waals surface area contributed by atoms with E-state index in [9.17, 15) is 9.59 Å². The number of benzene rings is 3. The predicted octanol–water partition coefficient (Wildman–Crippen LogP) is 5.04. The Morgan fingerprint density at radius 3 is 2.39 bits per heavy atom. The van der Waals surface area contributed by atoms with Gasteiger partial charge in [-0.2, -0.15) is 0 Å². The number of carbonyl (C=O) groups excluding carboxylic acids is 2. The smallest absolute Gasteiger partial charge is 0.269 e. The van der Waals surface area contributed by atoms with Crippen LogP contribution in [0, 0.1) is 0 Å². The normalized spacial score (nSPS) is 10.6. The minimum absolute atomic E-state index is 0.162. The van der Waals surface area contributed by atoms with Crippen molar-refractivity contribution in [3.63, 3.8) is 0 Å². The monoisotopic (exact) mass is 434 g/mol. The Kier molecular flexibility index (Phi) is 7.73. The minimum atomic E-state index is -0.301. The number of methoxy groups -OCH3 is 1. The van der Waals surface area contributed by atoms with Crippen LogP contribution in [0.25, 0.3) is 11.1 Å². The Morgan fingerprint density at radius 2 is 1.68 bits per heavy atom. The Morgan fingerprint density at radius 1 is 0.968 bits per heavy atom. The van der Waals surface area contributed by atoms with E-state index in [0.717, 1.165) is 21.8 Å². The number of hydrazine groups is 1. The summed E-state index contributed by atoms with van der Waals surface area (Å²) in [6.07, 6.45) is 0. The molecule has 3 aromatic carbocycles. The summed E-state index contributed by atoms with van der Waals surface area (Å²) in [4.78, 5) is 26.4. The summed E-state index contributed by atoms with van der Waals surface area (Å²) in [7, 11) is 1.64. The number of amides is 2. The first-order chi connectivity index (χ1) is 15.0. The molecule has 0 saturated heterocycles. The van der Waals surface area contributed by atoms with Crippen molar-refractivity contribution in [3.05, 3.63) is 84.4 Å². The molecule has 6 heteroatoms. The highest BCUT2D eigenvalue weighted by atomic mass is 32.2. The molecular weight excluding hydrogens is 408 g/mol. The summed E-state index contributed by atoms with van der Waals surface area (Å²) in [5.41, 5.74) is 5.31. The molecule has 0 aromatic heterocycles. The SMILES string of the molecule is COc1cccc(-c2ccccc2SCC(=O)N(NC(=O)c2ccccc2)C(C)C)c1. The van der Waals surface area contributed by atoms with Gasteiger partial charge in [-0.25, -0.2) is 0 Å². The second-order valence-electron chi connectivity index (χ2n) is 7.18. The predicted molar refractivity (Wildman–Crippen MR) is 125 cm³/mol. The highest BCUT2D eigenvalue weighted by Crippen LogP contribution is 2.33. The number of thioether (sulfide) groups is 1. The number of carbonyl (C=O) groups is 2. The molecule has 0 heterocycles. The van der Waals surface area contributed by atoms with Gasteiger partial charge in [0.25, 0.3) is 11.8 Å². The zero-order chi connectivity index (χ0) is 22.2. The summed E-state index contributed by atoms with van der Waals surface area (Å²) in [6.45, 7) is 3.75. The topological polar surface area (TPSA) is 58.6 Å². The number of hydrogen-bond acceptors (Lipinski definition) is 4. The molecule has 0 radical (unpaired) electrons. The second-order valence-corrected chi connectivity index (χ2v) is 8.20. The summed E-state index contributed by atoms with van der Waals surface area (Å²) < 4.78 is 5.34. The molecule has 0 atom stereocenters. The molecule has 0 aliphatic rings. The van der Waals surface area contributed by atoms with E-state index in [2.05, 4.69) is 5.43 Å². The largest absolute Gasteiger partial charge is 0.497 e. The fraction of sp³-hybridized carbons (Fsp3) is 0.200. The molecule has 0 bridgehead atoms. The lowest BCUT2D eigenvalue weighted by molar-refractivity contribution is -0.132. The van der Waals surface area contributed by atoms with Crippen LogP contribution in [0.3, 0.4) is 0 Å². The van der Waals surface area contributed by atoms with Gasteiger partial charge in [-0.15, -0.1) is 11.8 Å². The molecule has 3 rings (SSSR count). The van der Waals surface area contributed by atoms with Gasteiger partial charge in [0.1, 0.15) is 5.75 Å². The van der Waals surface area contributed by atoms with Crippen LogP contribution in [-0.2, 0) is 4.79 Å². The van der Waals surface area contributed by atoms with E-state index in [1.807, 2.05) is 68.4 Å². The van der Waals surface area contributed by atoms with Crippen molar-refractivity contribution < 1.29 is 14.3 Å². The lowest BCUT2D eigenvalue weighted by Gasteiger charge is -2.27. The number of ether oxygens (including phenoxy) is 1. The van der Waals surface area contributed by atoms with E-state index in [-0.39, 0.29) is 23.6 Å². The lowest BCUT2D eigenvalue weighted by atomic mass is 10.1. The Labute approximate surface area is 187 Å². The number of rotatable bonds is 7. The van der Waals surface area contributed by atoms with Crippen molar-refractivity contribution in [1.29, 1.82) is 0 Å². The first kappa shape index (κ1) is 22.4. The Hall–Kier alpha value is -3.25. The van der Waals surface area contributed by atoms with Crippen LogP contribution < -0.4 is 10.2 Å². The fourth-order valence-electron chi connectivity index (χ4n) is 3.07. The molecule has 31 heavy (non-hydrogen) atoms. The maximum Gasteiger partial charge on any atom is 0.269 e. The van der Waals surface area contributed by atoms with E-state index in [1.165, 1.54) is 16.8 Å². The maximum atomic E-state index is 12.9. The van der Waals surface area contributed by atoms with Gasteiger partial charge in [-0.3, -0.25) is 20.0 Å². The number of nitrogens with one attached hydrogen (secondary N) is 1. The molecule has 1 N–H and O–H groups in total. The van der Waals surface area contributed by atoms with Gasteiger partial charge in [0.05, 0.1) is 12.9 Å². The first-order valence-corrected chi connectivity index (χ1v) is 11.0. The van der Waals surface area contributed by atoms with E-state index in [4.69, 9.17) is 4.74 Å². The minimum Gasteiger partial charge on any atom is -0.497 e. The Bertz CT molecular complexity index is 1040. The van der Waals surface area contributed by atoms with Crippen molar-refractivity contribution in [1.82, 2.24) is 10.4 Å². The van der Waals surface area contributed by atoms with Gasteiger partial charge in [-0.1, -0.05) is 48.5 Å². The molecule has 2 amide bonds. The van der Waals surface area contributed by atoms with Crippen LogP contribution in [0.15, 0.2) is 83.8 Å². The molecule has 0 unspecified atom stereocenters. The lowest BCUT2D eigenvalue weighted by Crippen LogP contribution is -2.50. The van der Waals surface area contributed by atoms with E-state index in [0.29, 0.717) is 5.56 Å². The van der Waals surface area contributed by atoms with E-state index in [1.54, 1.807) is 31.4 Å². The maximum absolute atomic E-state index is 12.9. The third-order valence-corrected chi connectivity index (χ3v) is 5.72. The first-order valence-electron chi connectivity index (χ1n) is 10.0. The van der Waals surface area contributed by atoms with Crippen molar-refractivity contribution in [2.45, 2.75) is 24.8 Å². The van der Waals surface area contributed by atoms with Crippen molar-refractivity contribution in [2.24, 2.45) is 0 Å². The Balaban J connectivity index is 1.72. The summed E-state index contributed by atoms with van der Waals surface area (Å²) >= 11 is 1.45. The second kappa shape index (κ2) is 10.7. The van der Waals surface area contributed by atoms with Crippen molar-refractivity contribution in [2.75, 3.05) is 12.9 Å². The molecule has 0 aliphatic carbocycles. The molecule has 3 aromatic rings. The van der Waals surface area contributed by atoms with Gasteiger partial charge < -0.3 is 4.74 Å². The van der Waals surface area contributed by atoms with Gasteiger partial charge in [-0.05, 0) is 55.3 Å². The molecule has 0 saturated carbocycles. The molecule has 160 valence electrons. The van der Waals surface area contributed by atoms with Crippen LogP contribution in [0.1, 0.15) is 24.2 Å². The van der Waals surface area contributed by atoms with Crippen molar-refractivity contribution in [3.8, 4) is 16.9 Å². The molecule has 0 aliphatic heterocycles. The molecule has 0 spiro atoms.